The van der Waals surface area contributed by atoms with Gasteiger partial charge in [0.2, 0.25) is 0 Å². The monoisotopic (exact) mass is 559 g/mol. The van der Waals surface area contributed by atoms with E-state index in [-0.39, 0.29) is 5.41 Å². The molecule has 1 aromatic heterocycles. The molecule has 1 aliphatic rings. The van der Waals surface area contributed by atoms with E-state index in [1.54, 1.807) is 0 Å². The molecule has 1 heterocycles. The molecule has 8 aromatic carbocycles. The highest BCUT2D eigenvalue weighted by Crippen LogP contribution is 2.51. The van der Waals surface area contributed by atoms with E-state index >= 15 is 0 Å². The van der Waals surface area contributed by atoms with Crippen LogP contribution < -0.4 is 0 Å². The first kappa shape index (κ1) is 24.1. The quantitative estimate of drug-likeness (QED) is 0.176. The largest absolute Gasteiger partial charge is 0.309 e. The standard InChI is InChI=1S/C43H29N/c1-43(2)39-18-10-9-17-33(39)36-23-38-37-22-34-31-15-7-5-13-29(31)30-14-6-8-16-32(30)35(34)24-41(37)44(42(38)25-40(36)43)28-20-19-26-11-3-4-12-27(26)21-28/h3-25H,1-2H3. The first-order chi connectivity index (χ1) is 21.6. The molecule has 0 saturated heterocycles. The molecular weight excluding hydrogens is 530 g/mol. The van der Waals surface area contributed by atoms with Crippen molar-refractivity contribution in [2.75, 3.05) is 0 Å². The maximum atomic E-state index is 2.51. The molecule has 206 valence electrons. The zero-order valence-electron chi connectivity index (χ0n) is 24.7. The summed E-state index contributed by atoms with van der Waals surface area (Å²) < 4.78 is 2.51. The lowest BCUT2D eigenvalue weighted by Crippen LogP contribution is -2.14. The third kappa shape index (κ3) is 3.04. The molecule has 44 heavy (non-hydrogen) atoms. The first-order valence-electron chi connectivity index (χ1n) is 15.5. The second-order valence-electron chi connectivity index (χ2n) is 13.0. The molecule has 0 spiro atoms. The molecule has 0 aliphatic heterocycles. The van der Waals surface area contributed by atoms with E-state index in [0.717, 1.165) is 0 Å². The van der Waals surface area contributed by atoms with E-state index in [1.807, 2.05) is 0 Å². The molecule has 0 unspecified atom stereocenters. The van der Waals surface area contributed by atoms with Crippen LogP contribution in [0.25, 0.3) is 81.7 Å². The summed E-state index contributed by atoms with van der Waals surface area (Å²) in [6.45, 7) is 4.75. The van der Waals surface area contributed by atoms with Crippen LogP contribution in [-0.2, 0) is 5.41 Å². The van der Waals surface area contributed by atoms with Gasteiger partial charge in [-0.05, 0) is 102 Å². The van der Waals surface area contributed by atoms with E-state index in [4.69, 9.17) is 0 Å². The molecule has 0 amide bonds. The number of rotatable bonds is 1. The molecule has 0 N–H and O–H groups in total. The van der Waals surface area contributed by atoms with Crippen LogP contribution in [-0.4, -0.2) is 4.57 Å². The van der Waals surface area contributed by atoms with Crippen LogP contribution >= 0.6 is 0 Å². The topological polar surface area (TPSA) is 4.93 Å². The Labute approximate surface area is 255 Å². The van der Waals surface area contributed by atoms with Gasteiger partial charge in [0.1, 0.15) is 0 Å². The maximum Gasteiger partial charge on any atom is 0.0547 e. The minimum Gasteiger partial charge on any atom is -0.309 e. The molecule has 10 rings (SSSR count). The second-order valence-corrected chi connectivity index (χ2v) is 13.0. The summed E-state index contributed by atoms with van der Waals surface area (Å²) in [7, 11) is 0. The molecule has 1 aliphatic carbocycles. The van der Waals surface area contributed by atoms with E-state index < -0.39 is 0 Å². The Morgan fingerprint density at radius 1 is 0.386 bits per heavy atom. The van der Waals surface area contributed by atoms with Gasteiger partial charge in [-0.1, -0.05) is 117 Å². The molecule has 0 radical (unpaired) electrons. The van der Waals surface area contributed by atoms with Crippen molar-refractivity contribution in [3.63, 3.8) is 0 Å². The van der Waals surface area contributed by atoms with Crippen molar-refractivity contribution in [1.29, 1.82) is 0 Å². The summed E-state index contributed by atoms with van der Waals surface area (Å²) in [5.41, 5.74) is 9.17. The minimum absolute atomic E-state index is 0.0676. The van der Waals surface area contributed by atoms with Crippen molar-refractivity contribution in [3.05, 3.63) is 151 Å². The van der Waals surface area contributed by atoms with Gasteiger partial charge in [-0.3, -0.25) is 0 Å². The van der Waals surface area contributed by atoms with Gasteiger partial charge >= 0.3 is 0 Å². The first-order valence-corrected chi connectivity index (χ1v) is 15.5. The molecule has 0 bridgehead atoms. The molecule has 1 heteroatoms. The molecule has 0 fully saturated rings. The van der Waals surface area contributed by atoms with Crippen LogP contribution in [0.5, 0.6) is 0 Å². The van der Waals surface area contributed by atoms with Crippen LogP contribution in [0.3, 0.4) is 0 Å². The predicted molar refractivity (Wildman–Crippen MR) is 188 cm³/mol. The summed E-state index contributed by atoms with van der Waals surface area (Å²) in [5.74, 6) is 0. The van der Waals surface area contributed by atoms with Crippen molar-refractivity contribution in [2.45, 2.75) is 19.3 Å². The highest BCUT2D eigenvalue weighted by Gasteiger charge is 2.36. The normalized spacial score (nSPS) is 13.9. The van der Waals surface area contributed by atoms with Gasteiger partial charge in [0.05, 0.1) is 11.0 Å². The Morgan fingerprint density at radius 2 is 0.955 bits per heavy atom. The third-order valence-corrected chi connectivity index (χ3v) is 10.3. The smallest absolute Gasteiger partial charge is 0.0547 e. The van der Waals surface area contributed by atoms with Gasteiger partial charge in [-0.25, -0.2) is 0 Å². The highest BCUT2D eigenvalue weighted by atomic mass is 15.0. The van der Waals surface area contributed by atoms with E-state index in [2.05, 4.69) is 158 Å². The Morgan fingerprint density at radius 3 is 1.70 bits per heavy atom. The van der Waals surface area contributed by atoms with E-state index in [1.165, 1.54) is 92.8 Å². The van der Waals surface area contributed by atoms with Gasteiger partial charge in [0, 0.05) is 21.9 Å². The average Bonchev–Trinajstić information content (AvgIpc) is 3.50. The summed E-state index contributed by atoms with van der Waals surface area (Å²) in [6.07, 6.45) is 0. The van der Waals surface area contributed by atoms with Crippen LogP contribution in [0.4, 0.5) is 0 Å². The van der Waals surface area contributed by atoms with Gasteiger partial charge in [-0.2, -0.15) is 0 Å². The zero-order valence-corrected chi connectivity index (χ0v) is 24.7. The average molecular weight is 560 g/mol. The van der Waals surface area contributed by atoms with Crippen molar-refractivity contribution in [2.24, 2.45) is 0 Å². The Bertz CT molecular complexity index is 2680. The van der Waals surface area contributed by atoms with Crippen molar-refractivity contribution >= 4 is 64.9 Å². The molecular formula is C43H29N. The minimum atomic E-state index is -0.0676. The van der Waals surface area contributed by atoms with E-state index in [9.17, 15) is 0 Å². The Kier molecular flexibility index (Phi) is 4.58. The summed E-state index contributed by atoms with van der Waals surface area (Å²) in [5, 5.41) is 13.0. The number of fused-ring (bicyclic) bond motifs is 13. The Hall–Kier alpha value is -5.40. The van der Waals surface area contributed by atoms with Crippen LogP contribution in [0.15, 0.2) is 140 Å². The molecule has 0 saturated carbocycles. The lowest BCUT2D eigenvalue weighted by Gasteiger charge is -2.21. The number of nitrogens with zero attached hydrogens (tertiary/aromatic N) is 1. The molecule has 9 aromatic rings. The van der Waals surface area contributed by atoms with Crippen LogP contribution in [0.1, 0.15) is 25.0 Å². The van der Waals surface area contributed by atoms with Crippen molar-refractivity contribution in [3.8, 4) is 16.8 Å². The van der Waals surface area contributed by atoms with E-state index in [0.29, 0.717) is 0 Å². The number of hydrogen-bond acceptors (Lipinski definition) is 0. The van der Waals surface area contributed by atoms with Gasteiger partial charge in [-0.15, -0.1) is 0 Å². The number of hydrogen-bond donors (Lipinski definition) is 0. The van der Waals surface area contributed by atoms with Gasteiger partial charge in [0.25, 0.3) is 0 Å². The maximum absolute atomic E-state index is 2.51. The number of aromatic nitrogens is 1. The Balaban J connectivity index is 1.42. The number of benzene rings is 8. The fourth-order valence-electron chi connectivity index (χ4n) is 8.20. The fourth-order valence-corrected chi connectivity index (χ4v) is 8.20. The lowest BCUT2D eigenvalue weighted by molar-refractivity contribution is 0.661. The fraction of sp³-hybridized carbons (Fsp3) is 0.0698. The SMILES string of the molecule is CC1(C)c2ccccc2-c2cc3c4cc5c6ccccc6c6ccccc6c5cc4n(-c4ccc5ccccc5c4)c3cc21. The third-order valence-electron chi connectivity index (χ3n) is 10.3. The molecule has 1 nitrogen and oxygen atoms in total. The van der Waals surface area contributed by atoms with Crippen molar-refractivity contribution in [1.82, 2.24) is 4.57 Å². The zero-order chi connectivity index (χ0) is 29.2. The predicted octanol–water partition coefficient (Wildman–Crippen LogP) is 11.7. The summed E-state index contributed by atoms with van der Waals surface area (Å²) >= 11 is 0. The van der Waals surface area contributed by atoms with Gasteiger partial charge in [0.15, 0.2) is 0 Å². The van der Waals surface area contributed by atoms with Crippen molar-refractivity contribution < 1.29 is 0 Å². The molecule has 0 atom stereocenters. The second kappa shape index (κ2) is 8.36. The highest BCUT2D eigenvalue weighted by molar-refractivity contribution is 6.29. The van der Waals surface area contributed by atoms with Crippen LogP contribution in [0.2, 0.25) is 0 Å². The van der Waals surface area contributed by atoms with Gasteiger partial charge < -0.3 is 4.57 Å². The van der Waals surface area contributed by atoms with Crippen LogP contribution in [0, 0.1) is 0 Å². The summed E-state index contributed by atoms with van der Waals surface area (Å²) in [4.78, 5) is 0. The lowest BCUT2D eigenvalue weighted by atomic mass is 9.82. The summed E-state index contributed by atoms with van der Waals surface area (Å²) in [6, 6.07) is 52.2.